The molecule has 3 rings (SSSR count). The van der Waals surface area contributed by atoms with Crippen molar-refractivity contribution in [2.24, 2.45) is 0 Å². The molecule has 1 unspecified atom stereocenters. The molecule has 1 aliphatic rings. The number of phenols is 1. The number of alkyl halides is 3. The number of carboxylic acid groups (broad SMARTS) is 1. The van der Waals surface area contributed by atoms with Gasteiger partial charge < -0.3 is 10.2 Å². The Labute approximate surface area is 150 Å². The van der Waals surface area contributed by atoms with E-state index in [0.717, 1.165) is 18.2 Å². The van der Waals surface area contributed by atoms with E-state index in [1.807, 2.05) is 0 Å². The summed E-state index contributed by atoms with van der Waals surface area (Å²) in [5.74, 6) is -1.98. The second kappa shape index (κ2) is 6.56. The number of nitrogens with zero attached hydrogens (tertiary/aromatic N) is 1. The number of thioether (sulfide) groups is 1. The Kier molecular flexibility index (Phi) is 4.57. The lowest BCUT2D eigenvalue weighted by atomic mass is 10.1. The van der Waals surface area contributed by atoms with Crippen molar-refractivity contribution in [1.29, 1.82) is 0 Å². The van der Waals surface area contributed by atoms with E-state index in [1.165, 1.54) is 40.9 Å². The minimum Gasteiger partial charge on any atom is -0.507 e. The van der Waals surface area contributed by atoms with E-state index in [0.29, 0.717) is 5.56 Å². The molecule has 136 valence electrons. The van der Waals surface area contributed by atoms with Crippen LogP contribution in [0.25, 0.3) is 0 Å². The smallest absolute Gasteiger partial charge is 0.416 e. The van der Waals surface area contributed by atoms with Crippen molar-refractivity contribution in [3.05, 3.63) is 59.2 Å². The van der Waals surface area contributed by atoms with Gasteiger partial charge in [0, 0.05) is 11.8 Å². The van der Waals surface area contributed by atoms with Gasteiger partial charge in [-0.3, -0.25) is 9.69 Å². The minimum atomic E-state index is -4.45. The van der Waals surface area contributed by atoms with E-state index in [4.69, 9.17) is 5.11 Å². The molecule has 1 heterocycles. The molecule has 2 aromatic rings. The molecule has 5 nitrogen and oxygen atoms in total. The third kappa shape index (κ3) is 3.34. The Morgan fingerprint density at radius 1 is 1.15 bits per heavy atom. The summed E-state index contributed by atoms with van der Waals surface area (Å²) in [5.41, 5.74) is -0.326. The lowest BCUT2D eigenvalue weighted by Crippen LogP contribution is -2.27. The molecule has 0 aromatic heterocycles. The van der Waals surface area contributed by atoms with E-state index in [9.17, 15) is 27.9 Å². The van der Waals surface area contributed by atoms with Crippen molar-refractivity contribution in [2.75, 3.05) is 10.7 Å². The highest BCUT2D eigenvalue weighted by atomic mass is 32.2. The average molecular weight is 383 g/mol. The number of hydrogen-bond donors (Lipinski definition) is 2. The van der Waals surface area contributed by atoms with E-state index in [-0.39, 0.29) is 22.9 Å². The van der Waals surface area contributed by atoms with Crippen LogP contribution in [0.1, 0.15) is 26.9 Å². The molecule has 0 radical (unpaired) electrons. The number of hydrogen-bond acceptors (Lipinski definition) is 4. The van der Waals surface area contributed by atoms with Crippen molar-refractivity contribution >= 4 is 29.3 Å². The first-order chi connectivity index (χ1) is 12.2. The van der Waals surface area contributed by atoms with Crippen molar-refractivity contribution in [3.63, 3.8) is 0 Å². The van der Waals surface area contributed by atoms with Gasteiger partial charge in [-0.1, -0.05) is 12.1 Å². The van der Waals surface area contributed by atoms with Gasteiger partial charge in [-0.25, -0.2) is 4.79 Å². The lowest BCUT2D eigenvalue weighted by molar-refractivity contribution is -0.137. The number of benzene rings is 2. The van der Waals surface area contributed by atoms with E-state index in [1.54, 1.807) is 0 Å². The second-order valence-electron chi connectivity index (χ2n) is 5.55. The molecule has 1 amide bonds. The number of aromatic hydroxyl groups is 1. The van der Waals surface area contributed by atoms with Crippen LogP contribution in [-0.2, 0) is 11.0 Å². The zero-order chi connectivity index (χ0) is 19.1. The van der Waals surface area contributed by atoms with Crippen molar-refractivity contribution in [2.45, 2.75) is 11.6 Å². The molecular formula is C17H12F3NO4S. The zero-order valence-electron chi connectivity index (χ0n) is 13.0. The van der Waals surface area contributed by atoms with Gasteiger partial charge in [-0.05, 0) is 29.8 Å². The summed E-state index contributed by atoms with van der Waals surface area (Å²) in [7, 11) is 0. The molecule has 9 heteroatoms. The predicted molar refractivity (Wildman–Crippen MR) is 89.2 cm³/mol. The van der Waals surface area contributed by atoms with Crippen LogP contribution < -0.4 is 4.90 Å². The Morgan fingerprint density at radius 3 is 2.35 bits per heavy atom. The highest BCUT2D eigenvalue weighted by Crippen LogP contribution is 2.43. The number of carbonyl (C=O) groups excluding carboxylic acids is 1. The molecule has 2 N–H and O–H groups in total. The van der Waals surface area contributed by atoms with Crippen molar-refractivity contribution in [1.82, 2.24) is 0 Å². The summed E-state index contributed by atoms with van der Waals surface area (Å²) >= 11 is 1.23. The summed E-state index contributed by atoms with van der Waals surface area (Å²) in [6.45, 7) is 0. The second-order valence-corrected chi connectivity index (χ2v) is 6.62. The normalized spacial score (nSPS) is 17.6. The zero-order valence-corrected chi connectivity index (χ0v) is 13.8. The molecule has 1 fully saturated rings. The van der Waals surface area contributed by atoms with Crippen LogP contribution in [0.15, 0.2) is 42.5 Å². The standard InChI is InChI=1S/C17H12F3NO4S/c18-17(19,20)10-3-1-9(2-4-10)15-21(14(23)8-26-15)11-5-6-12(16(24)25)13(22)7-11/h1-7,15,22H,8H2,(H,24,25). The topological polar surface area (TPSA) is 77.8 Å². The summed E-state index contributed by atoms with van der Waals surface area (Å²) in [4.78, 5) is 24.6. The van der Waals surface area contributed by atoms with E-state index >= 15 is 0 Å². The average Bonchev–Trinajstić information content (AvgIpc) is 2.95. The molecule has 26 heavy (non-hydrogen) atoms. The van der Waals surface area contributed by atoms with Crippen LogP contribution in [0.4, 0.5) is 18.9 Å². The minimum absolute atomic E-state index is 0.118. The number of carbonyl (C=O) groups is 2. The highest BCUT2D eigenvalue weighted by molar-refractivity contribution is 8.00. The van der Waals surface area contributed by atoms with Crippen LogP contribution in [-0.4, -0.2) is 27.8 Å². The molecule has 0 aliphatic carbocycles. The summed E-state index contributed by atoms with van der Waals surface area (Å²) in [6, 6.07) is 8.21. The SMILES string of the molecule is O=C(O)c1ccc(N2C(=O)CSC2c2ccc(C(F)(F)F)cc2)cc1O. The fourth-order valence-corrected chi connectivity index (χ4v) is 3.81. The fourth-order valence-electron chi connectivity index (χ4n) is 2.64. The monoisotopic (exact) mass is 383 g/mol. The van der Waals surface area contributed by atoms with Crippen LogP contribution >= 0.6 is 11.8 Å². The molecule has 0 spiro atoms. The van der Waals surface area contributed by atoms with Gasteiger partial charge in [-0.2, -0.15) is 13.2 Å². The van der Waals surface area contributed by atoms with Crippen molar-refractivity contribution in [3.8, 4) is 5.75 Å². The van der Waals surface area contributed by atoms with Crippen molar-refractivity contribution < 1.29 is 33.0 Å². The van der Waals surface area contributed by atoms with E-state index < -0.39 is 28.8 Å². The van der Waals surface area contributed by atoms with Crippen LogP contribution in [0.3, 0.4) is 0 Å². The first-order valence-electron chi connectivity index (χ1n) is 7.35. The Morgan fingerprint density at radius 2 is 1.81 bits per heavy atom. The van der Waals surface area contributed by atoms with Gasteiger partial charge in [0.2, 0.25) is 5.91 Å². The molecule has 2 aromatic carbocycles. The number of aromatic carboxylic acids is 1. The van der Waals surface area contributed by atoms with Gasteiger partial charge in [-0.15, -0.1) is 11.8 Å². The van der Waals surface area contributed by atoms with Gasteiger partial charge in [0.15, 0.2) is 0 Å². The third-order valence-electron chi connectivity index (χ3n) is 3.88. The number of anilines is 1. The maximum atomic E-state index is 12.7. The molecule has 0 bridgehead atoms. The van der Waals surface area contributed by atoms with Gasteiger partial charge in [0.05, 0.1) is 11.3 Å². The Bertz CT molecular complexity index is 867. The number of amides is 1. The first-order valence-corrected chi connectivity index (χ1v) is 8.40. The lowest BCUT2D eigenvalue weighted by Gasteiger charge is -2.25. The Hall–Kier alpha value is -2.68. The molecule has 1 saturated heterocycles. The predicted octanol–water partition coefficient (Wildman–Crippen LogP) is 3.89. The number of rotatable bonds is 3. The number of carboxylic acids is 1. The quantitative estimate of drug-likeness (QED) is 0.841. The largest absolute Gasteiger partial charge is 0.507 e. The van der Waals surface area contributed by atoms with E-state index in [2.05, 4.69) is 0 Å². The van der Waals surface area contributed by atoms with Gasteiger partial charge >= 0.3 is 12.1 Å². The van der Waals surface area contributed by atoms with Gasteiger partial charge in [0.1, 0.15) is 16.7 Å². The van der Waals surface area contributed by atoms with Crippen LogP contribution in [0.5, 0.6) is 5.75 Å². The highest BCUT2D eigenvalue weighted by Gasteiger charge is 2.36. The van der Waals surface area contributed by atoms with Crippen LogP contribution in [0, 0.1) is 0 Å². The van der Waals surface area contributed by atoms with Gasteiger partial charge in [0.25, 0.3) is 0 Å². The molecule has 1 atom stereocenters. The summed E-state index contributed by atoms with van der Waals surface area (Å²) < 4.78 is 38.1. The van der Waals surface area contributed by atoms with Crippen LogP contribution in [0.2, 0.25) is 0 Å². The summed E-state index contributed by atoms with van der Waals surface area (Å²) in [6.07, 6.45) is -4.45. The maximum Gasteiger partial charge on any atom is 0.416 e. The number of halogens is 3. The molecular weight excluding hydrogens is 371 g/mol. The first kappa shape index (κ1) is 18.1. The Balaban J connectivity index is 1.94. The third-order valence-corrected chi connectivity index (χ3v) is 5.09. The fraction of sp³-hybridized carbons (Fsp3) is 0.176. The summed E-state index contributed by atoms with van der Waals surface area (Å²) in [5, 5.41) is 18.2. The molecule has 1 aliphatic heterocycles. The maximum absolute atomic E-state index is 12.7. The molecule has 0 saturated carbocycles.